The second kappa shape index (κ2) is 8.19. The van der Waals surface area contributed by atoms with Gasteiger partial charge in [-0.1, -0.05) is 6.42 Å². The Morgan fingerprint density at radius 3 is 2.55 bits per heavy atom. The minimum Gasteiger partial charge on any atom is -0.332 e. The van der Waals surface area contributed by atoms with Crippen molar-refractivity contribution in [3.63, 3.8) is 0 Å². The molecule has 0 saturated carbocycles. The normalized spacial score (nSPS) is 16.8. The van der Waals surface area contributed by atoms with Crippen LogP contribution in [-0.4, -0.2) is 47.8 Å². The van der Waals surface area contributed by atoms with Gasteiger partial charge in [0, 0.05) is 37.9 Å². The van der Waals surface area contributed by atoms with Gasteiger partial charge < -0.3 is 9.88 Å². The van der Waals surface area contributed by atoms with E-state index in [2.05, 4.69) is 4.98 Å². The zero-order valence-electron chi connectivity index (χ0n) is 18.2. The lowest BCUT2D eigenvalue weighted by Gasteiger charge is -2.26. The highest BCUT2D eigenvalue weighted by molar-refractivity contribution is 7.89. The average Bonchev–Trinajstić information content (AvgIpc) is 3.25. The number of piperidine rings is 1. The minimum atomic E-state index is -3.53. The van der Waals surface area contributed by atoms with Gasteiger partial charge in [-0.25, -0.2) is 8.42 Å². The van der Waals surface area contributed by atoms with Crippen molar-refractivity contribution in [3.05, 3.63) is 62.6 Å². The molecular formula is C23H24N4O4S2. The molecule has 2 aliphatic rings. The number of nitrogens with one attached hydrogen (secondary N) is 1. The number of fused-ring (bicyclic) bond motifs is 2. The van der Waals surface area contributed by atoms with Crippen molar-refractivity contribution in [2.75, 3.05) is 24.5 Å². The summed E-state index contributed by atoms with van der Waals surface area (Å²) in [5, 5.41) is 0.456. The predicted molar refractivity (Wildman–Crippen MR) is 129 cm³/mol. The van der Waals surface area contributed by atoms with E-state index in [1.165, 1.54) is 4.57 Å². The van der Waals surface area contributed by atoms with Gasteiger partial charge >= 0.3 is 0 Å². The van der Waals surface area contributed by atoms with Crippen LogP contribution in [0.5, 0.6) is 0 Å². The Morgan fingerprint density at radius 2 is 1.79 bits per heavy atom. The van der Waals surface area contributed by atoms with E-state index in [0.717, 1.165) is 30.5 Å². The summed E-state index contributed by atoms with van der Waals surface area (Å²) in [5.74, 6) is -0.206. The fourth-order valence-corrected chi connectivity index (χ4v) is 6.36. The quantitative estimate of drug-likeness (QED) is 0.577. The highest BCUT2D eigenvalue weighted by Gasteiger charge is 2.30. The Bertz CT molecular complexity index is 1500. The first kappa shape index (κ1) is 22.0. The van der Waals surface area contributed by atoms with Crippen molar-refractivity contribution in [2.24, 2.45) is 7.05 Å². The zero-order chi connectivity index (χ0) is 23.3. The van der Waals surface area contributed by atoms with Gasteiger partial charge in [-0.15, -0.1) is 0 Å². The molecular weight excluding hydrogens is 460 g/mol. The summed E-state index contributed by atoms with van der Waals surface area (Å²) in [7, 11) is -1.93. The number of anilines is 1. The number of carbonyl (C=O) groups excluding carboxylic acids is 1. The van der Waals surface area contributed by atoms with Gasteiger partial charge in [0.15, 0.2) is 4.77 Å². The first-order valence-electron chi connectivity index (χ1n) is 11.0. The molecule has 0 aliphatic carbocycles. The van der Waals surface area contributed by atoms with Crippen molar-refractivity contribution in [3.8, 4) is 0 Å². The van der Waals surface area contributed by atoms with Crippen LogP contribution < -0.4 is 10.5 Å². The van der Waals surface area contributed by atoms with Gasteiger partial charge in [-0.2, -0.15) is 4.31 Å². The van der Waals surface area contributed by atoms with E-state index in [-0.39, 0.29) is 21.1 Å². The van der Waals surface area contributed by atoms with Crippen LogP contribution in [0.1, 0.15) is 35.2 Å². The fraction of sp³-hybridized carbons (Fsp3) is 0.348. The molecule has 10 heteroatoms. The number of aromatic amines is 1. The maximum Gasteiger partial charge on any atom is 0.261 e. The van der Waals surface area contributed by atoms with Crippen LogP contribution in [-0.2, 0) is 23.5 Å². The molecule has 1 fully saturated rings. The third kappa shape index (κ3) is 3.71. The van der Waals surface area contributed by atoms with Crippen molar-refractivity contribution >= 4 is 44.7 Å². The van der Waals surface area contributed by atoms with Gasteiger partial charge in [-0.3, -0.25) is 14.2 Å². The third-order valence-corrected chi connectivity index (χ3v) is 8.76. The highest BCUT2D eigenvalue weighted by atomic mass is 32.2. The molecule has 3 heterocycles. The van der Waals surface area contributed by atoms with Crippen molar-refractivity contribution in [2.45, 2.75) is 30.6 Å². The number of nitrogens with zero attached hydrogens (tertiary/aromatic N) is 3. The van der Waals surface area contributed by atoms with Crippen LogP contribution in [0.3, 0.4) is 0 Å². The second-order valence-electron chi connectivity index (χ2n) is 8.52. The lowest BCUT2D eigenvalue weighted by atomic mass is 10.1. The van der Waals surface area contributed by atoms with E-state index in [9.17, 15) is 18.0 Å². The number of sulfonamides is 1. The molecule has 3 aromatic rings. The predicted octanol–water partition coefficient (Wildman–Crippen LogP) is 2.97. The molecule has 172 valence electrons. The van der Waals surface area contributed by atoms with Crippen molar-refractivity contribution in [1.29, 1.82) is 0 Å². The first-order chi connectivity index (χ1) is 15.8. The molecule has 0 unspecified atom stereocenters. The Labute approximate surface area is 196 Å². The molecule has 5 rings (SSSR count). The molecule has 0 atom stereocenters. The molecule has 1 amide bonds. The smallest absolute Gasteiger partial charge is 0.261 e. The first-order valence-corrected chi connectivity index (χ1v) is 12.8. The van der Waals surface area contributed by atoms with Crippen molar-refractivity contribution < 1.29 is 13.2 Å². The summed E-state index contributed by atoms with van der Waals surface area (Å²) in [4.78, 5) is 30.6. The summed E-state index contributed by atoms with van der Waals surface area (Å²) in [6.45, 7) is 1.57. The average molecular weight is 485 g/mol. The number of rotatable bonds is 3. The molecule has 0 spiro atoms. The topological polar surface area (TPSA) is 95.5 Å². The van der Waals surface area contributed by atoms with Crippen LogP contribution in [0.4, 0.5) is 5.69 Å². The van der Waals surface area contributed by atoms with E-state index < -0.39 is 10.0 Å². The van der Waals surface area contributed by atoms with E-state index in [0.29, 0.717) is 42.5 Å². The summed E-state index contributed by atoms with van der Waals surface area (Å²) in [6, 6.07) is 9.92. The largest absolute Gasteiger partial charge is 0.332 e. The van der Waals surface area contributed by atoms with Crippen LogP contribution in [0, 0.1) is 4.77 Å². The number of benzene rings is 2. The van der Waals surface area contributed by atoms with Crippen LogP contribution in [0.25, 0.3) is 10.9 Å². The molecule has 1 aromatic heterocycles. The molecule has 0 radical (unpaired) electrons. The van der Waals surface area contributed by atoms with Crippen molar-refractivity contribution in [1.82, 2.24) is 13.9 Å². The summed E-state index contributed by atoms with van der Waals surface area (Å²) in [5.41, 5.74) is 2.28. The standard InChI is InChI=1S/C23H24N4O4S2/c1-25-22(29)18-7-5-16(14-19(18)24-23(25)32)21(28)27-12-9-15-13-17(6-8-20(15)27)33(30,31)26-10-3-2-4-11-26/h5-8,13-14H,2-4,9-12H2,1H3,(H,24,32). The zero-order valence-corrected chi connectivity index (χ0v) is 19.8. The second-order valence-corrected chi connectivity index (χ2v) is 10.8. The molecule has 2 aliphatic heterocycles. The summed E-state index contributed by atoms with van der Waals surface area (Å²) in [6.07, 6.45) is 3.41. The van der Waals surface area contributed by atoms with Crippen LogP contribution in [0.2, 0.25) is 0 Å². The maximum atomic E-state index is 13.3. The minimum absolute atomic E-state index is 0.206. The Morgan fingerprint density at radius 1 is 1.03 bits per heavy atom. The molecule has 1 saturated heterocycles. The number of hydrogen-bond donors (Lipinski definition) is 1. The van der Waals surface area contributed by atoms with E-state index in [1.807, 2.05) is 0 Å². The molecule has 33 heavy (non-hydrogen) atoms. The van der Waals surface area contributed by atoms with Gasteiger partial charge in [0.05, 0.1) is 15.8 Å². The van der Waals surface area contributed by atoms with Gasteiger partial charge in [0.25, 0.3) is 11.5 Å². The summed E-state index contributed by atoms with van der Waals surface area (Å²) >= 11 is 5.19. The van der Waals surface area contributed by atoms with Crippen LogP contribution >= 0.6 is 12.2 Å². The van der Waals surface area contributed by atoms with Gasteiger partial charge in [0.2, 0.25) is 10.0 Å². The molecule has 2 aromatic carbocycles. The highest BCUT2D eigenvalue weighted by Crippen LogP contribution is 2.33. The van der Waals surface area contributed by atoms with E-state index in [1.54, 1.807) is 52.7 Å². The van der Waals surface area contributed by atoms with E-state index >= 15 is 0 Å². The number of aromatic nitrogens is 2. The maximum absolute atomic E-state index is 13.3. The van der Waals surface area contributed by atoms with Gasteiger partial charge in [0.1, 0.15) is 0 Å². The van der Waals surface area contributed by atoms with E-state index in [4.69, 9.17) is 12.2 Å². The number of amides is 1. The SMILES string of the molecule is Cn1c(=S)[nH]c2cc(C(=O)N3CCc4cc(S(=O)(=O)N5CCCCC5)ccc43)ccc2c1=O. The number of carbonyl (C=O) groups is 1. The lowest BCUT2D eigenvalue weighted by Crippen LogP contribution is -2.35. The Balaban J connectivity index is 1.46. The monoisotopic (exact) mass is 484 g/mol. The lowest BCUT2D eigenvalue weighted by molar-refractivity contribution is 0.0989. The summed E-state index contributed by atoms with van der Waals surface area (Å²) < 4.78 is 29.3. The number of hydrogen-bond acceptors (Lipinski definition) is 5. The fourth-order valence-electron chi connectivity index (χ4n) is 4.60. The Hall–Kier alpha value is -2.82. The van der Waals surface area contributed by atoms with Crippen LogP contribution in [0.15, 0.2) is 46.1 Å². The molecule has 8 nitrogen and oxygen atoms in total. The Kier molecular flexibility index (Phi) is 5.46. The molecule has 0 bridgehead atoms. The molecule has 1 N–H and O–H groups in total. The third-order valence-electron chi connectivity index (χ3n) is 6.49. The van der Waals surface area contributed by atoms with Gasteiger partial charge in [-0.05, 0) is 73.4 Å². The number of H-pyrrole nitrogens is 1.